The predicted molar refractivity (Wildman–Crippen MR) is 124 cm³/mol. The third-order valence-electron chi connectivity index (χ3n) is 4.73. The molecule has 0 aliphatic rings. The van der Waals surface area contributed by atoms with Crippen LogP contribution in [-0.4, -0.2) is 41.5 Å². The van der Waals surface area contributed by atoms with Gasteiger partial charge in [-0.3, -0.25) is 19.8 Å². The molecule has 0 atom stereocenters. The first-order valence-corrected chi connectivity index (χ1v) is 11.2. The van der Waals surface area contributed by atoms with E-state index in [0.717, 1.165) is 17.7 Å². The van der Waals surface area contributed by atoms with Crippen molar-refractivity contribution in [3.63, 3.8) is 0 Å². The molecule has 0 aliphatic heterocycles. The van der Waals surface area contributed by atoms with Gasteiger partial charge in [-0.15, -0.1) is 11.3 Å². The number of rotatable bonds is 10. The van der Waals surface area contributed by atoms with Crippen molar-refractivity contribution in [3.05, 3.63) is 80.6 Å². The summed E-state index contributed by atoms with van der Waals surface area (Å²) in [4.78, 5) is 41.5. The predicted octanol–water partition coefficient (Wildman–Crippen LogP) is 4.33. The molecule has 1 amide bonds. The number of carbonyl (C=O) groups is 2. The molecule has 0 spiro atoms. The smallest absolute Gasteiger partial charge is 0.358 e. The highest BCUT2D eigenvalue weighted by Crippen LogP contribution is 2.27. The first-order valence-electron chi connectivity index (χ1n) is 10.4. The zero-order valence-corrected chi connectivity index (χ0v) is 19.3. The van der Waals surface area contributed by atoms with E-state index in [1.165, 1.54) is 22.3 Å². The van der Waals surface area contributed by atoms with E-state index in [4.69, 9.17) is 9.47 Å². The maximum atomic E-state index is 13.9. The average Bonchev–Trinajstić information content (AvgIpc) is 3.19. The van der Waals surface area contributed by atoms with Gasteiger partial charge in [0, 0.05) is 23.6 Å². The highest BCUT2D eigenvalue weighted by molar-refractivity contribution is 7.16. The van der Waals surface area contributed by atoms with Crippen molar-refractivity contribution in [2.75, 3.05) is 24.7 Å². The number of hydrogen-bond acceptors (Lipinski definition) is 8. The minimum Gasteiger partial charge on any atom is -0.484 e. The van der Waals surface area contributed by atoms with Crippen molar-refractivity contribution in [2.24, 2.45) is 0 Å². The molecule has 11 heteroatoms. The number of anilines is 1. The van der Waals surface area contributed by atoms with Gasteiger partial charge in [-0.25, -0.2) is 9.78 Å². The van der Waals surface area contributed by atoms with E-state index in [1.807, 2.05) is 30.3 Å². The van der Waals surface area contributed by atoms with Crippen LogP contribution in [0.2, 0.25) is 0 Å². The van der Waals surface area contributed by atoms with Gasteiger partial charge in [-0.05, 0) is 31.9 Å². The molecule has 0 unspecified atom stereocenters. The molecule has 34 heavy (non-hydrogen) atoms. The highest BCUT2D eigenvalue weighted by Gasteiger charge is 2.24. The maximum absolute atomic E-state index is 13.9. The van der Waals surface area contributed by atoms with Crippen molar-refractivity contribution in [1.82, 2.24) is 4.98 Å². The van der Waals surface area contributed by atoms with Gasteiger partial charge < -0.3 is 9.47 Å². The summed E-state index contributed by atoms with van der Waals surface area (Å²) in [6.07, 6.45) is 0.520. The number of nitro groups is 1. The first-order chi connectivity index (χ1) is 16.3. The zero-order chi connectivity index (χ0) is 24.7. The molecule has 0 fully saturated rings. The standard InChI is InChI=1S/C23H22FN3O6S/c1-3-32-22(29)21-15(2)34-23(25-21)26(12-11-16-7-5-4-6-8-16)20(28)14-33-17-9-10-19(27(30)31)18(24)13-17/h4-10,13H,3,11-12,14H2,1-2H3. The number of amides is 1. The quantitative estimate of drug-likeness (QED) is 0.238. The fourth-order valence-corrected chi connectivity index (χ4v) is 3.99. The van der Waals surface area contributed by atoms with E-state index < -0.39 is 34.9 Å². The van der Waals surface area contributed by atoms with E-state index >= 15 is 0 Å². The topological polar surface area (TPSA) is 112 Å². The van der Waals surface area contributed by atoms with E-state index in [9.17, 15) is 24.1 Å². The van der Waals surface area contributed by atoms with Crippen molar-refractivity contribution < 1.29 is 28.4 Å². The Kier molecular flexibility index (Phi) is 8.25. The number of nitrogens with zero attached hydrogens (tertiary/aromatic N) is 3. The molecular formula is C23H22FN3O6S. The minimum absolute atomic E-state index is 0.0259. The first kappa shape index (κ1) is 24.8. The second-order valence-electron chi connectivity index (χ2n) is 7.06. The summed E-state index contributed by atoms with van der Waals surface area (Å²) < 4.78 is 24.3. The molecular weight excluding hydrogens is 465 g/mol. The number of ether oxygens (including phenoxy) is 2. The number of benzene rings is 2. The van der Waals surface area contributed by atoms with Crippen molar-refractivity contribution in [1.29, 1.82) is 0 Å². The molecule has 0 N–H and O–H groups in total. The lowest BCUT2D eigenvalue weighted by Crippen LogP contribution is -2.36. The van der Waals surface area contributed by atoms with E-state index in [2.05, 4.69) is 4.98 Å². The molecule has 1 heterocycles. The number of aromatic nitrogens is 1. The number of aryl methyl sites for hydroxylation is 1. The van der Waals surface area contributed by atoms with Crippen LogP contribution in [0.3, 0.4) is 0 Å². The van der Waals surface area contributed by atoms with Crippen molar-refractivity contribution in [2.45, 2.75) is 20.3 Å². The Bertz CT molecular complexity index is 1180. The molecule has 0 saturated carbocycles. The van der Waals surface area contributed by atoms with Gasteiger partial charge in [-0.1, -0.05) is 30.3 Å². The lowest BCUT2D eigenvalue weighted by molar-refractivity contribution is -0.387. The Morgan fingerprint density at radius 2 is 1.94 bits per heavy atom. The van der Waals surface area contributed by atoms with Gasteiger partial charge in [0.25, 0.3) is 5.91 Å². The summed E-state index contributed by atoms with van der Waals surface area (Å²) in [5.74, 6) is -2.14. The van der Waals surface area contributed by atoms with E-state index in [0.29, 0.717) is 16.4 Å². The number of halogens is 1. The average molecular weight is 488 g/mol. The second kappa shape index (κ2) is 11.3. The van der Waals surface area contributed by atoms with Gasteiger partial charge in [0.15, 0.2) is 17.4 Å². The maximum Gasteiger partial charge on any atom is 0.358 e. The zero-order valence-electron chi connectivity index (χ0n) is 18.5. The third-order valence-corrected chi connectivity index (χ3v) is 5.72. The Balaban J connectivity index is 1.79. The van der Waals surface area contributed by atoms with Gasteiger partial charge in [0.1, 0.15) is 5.75 Å². The molecule has 9 nitrogen and oxygen atoms in total. The monoisotopic (exact) mass is 487 g/mol. The molecule has 1 aromatic heterocycles. The fourth-order valence-electron chi connectivity index (χ4n) is 3.05. The van der Waals surface area contributed by atoms with Crippen LogP contribution in [0.4, 0.5) is 15.2 Å². The van der Waals surface area contributed by atoms with Gasteiger partial charge >= 0.3 is 11.7 Å². The van der Waals surface area contributed by atoms with Crippen molar-refractivity contribution >= 4 is 34.0 Å². The number of thiazole rings is 1. The molecule has 2 aromatic carbocycles. The SMILES string of the molecule is CCOC(=O)c1nc(N(CCc2ccccc2)C(=O)COc2ccc([N+](=O)[O-])c(F)c2)sc1C. The summed E-state index contributed by atoms with van der Waals surface area (Å²) in [6, 6.07) is 12.6. The lowest BCUT2D eigenvalue weighted by atomic mass is 10.1. The number of esters is 1. The van der Waals surface area contributed by atoms with E-state index in [1.54, 1.807) is 13.8 Å². The summed E-state index contributed by atoms with van der Waals surface area (Å²) in [5.41, 5.74) is 0.447. The second-order valence-corrected chi connectivity index (χ2v) is 8.24. The molecule has 3 aromatic rings. The van der Waals surface area contributed by atoms with Crippen LogP contribution in [0.1, 0.15) is 27.9 Å². The summed E-state index contributed by atoms with van der Waals surface area (Å²) in [6.45, 7) is 3.40. The Morgan fingerprint density at radius 3 is 2.59 bits per heavy atom. The lowest BCUT2D eigenvalue weighted by Gasteiger charge is -2.20. The molecule has 3 rings (SSSR count). The van der Waals surface area contributed by atoms with Gasteiger partial charge in [0.05, 0.1) is 11.5 Å². The van der Waals surface area contributed by atoms with E-state index in [-0.39, 0.29) is 24.6 Å². The van der Waals surface area contributed by atoms with Gasteiger partial charge in [-0.2, -0.15) is 4.39 Å². The molecule has 0 saturated heterocycles. The molecule has 0 bridgehead atoms. The Hall–Kier alpha value is -3.86. The number of nitro benzene ring substituents is 1. The van der Waals surface area contributed by atoms with Crippen molar-refractivity contribution in [3.8, 4) is 5.75 Å². The normalized spacial score (nSPS) is 10.6. The number of hydrogen-bond donors (Lipinski definition) is 0. The van der Waals surface area contributed by atoms with Crippen LogP contribution < -0.4 is 9.64 Å². The Labute approximate surface area is 198 Å². The fraction of sp³-hybridized carbons (Fsp3) is 0.261. The largest absolute Gasteiger partial charge is 0.484 e. The van der Waals surface area contributed by atoms with Crippen LogP contribution in [0.25, 0.3) is 0 Å². The highest BCUT2D eigenvalue weighted by atomic mass is 32.1. The summed E-state index contributed by atoms with van der Waals surface area (Å²) in [7, 11) is 0. The van der Waals surface area contributed by atoms with Crippen LogP contribution in [-0.2, 0) is 16.0 Å². The third kappa shape index (κ3) is 6.13. The molecule has 0 aliphatic carbocycles. The van der Waals surface area contributed by atoms with Crippen LogP contribution in [0.15, 0.2) is 48.5 Å². The number of carbonyl (C=O) groups excluding carboxylic acids is 2. The summed E-state index contributed by atoms with van der Waals surface area (Å²) >= 11 is 1.17. The molecule has 0 radical (unpaired) electrons. The van der Waals surface area contributed by atoms with Crippen LogP contribution in [0, 0.1) is 22.9 Å². The summed E-state index contributed by atoms with van der Waals surface area (Å²) in [5, 5.41) is 11.1. The Morgan fingerprint density at radius 1 is 1.21 bits per heavy atom. The molecule has 178 valence electrons. The van der Waals surface area contributed by atoms with Crippen LogP contribution in [0.5, 0.6) is 5.75 Å². The van der Waals surface area contributed by atoms with Gasteiger partial charge in [0.2, 0.25) is 5.82 Å². The van der Waals surface area contributed by atoms with Crippen LogP contribution >= 0.6 is 11.3 Å². The minimum atomic E-state index is -1.06.